The second-order valence-electron chi connectivity index (χ2n) is 16.8. The number of esters is 1. The van der Waals surface area contributed by atoms with Crippen LogP contribution in [0.25, 0.3) is 0 Å². The van der Waals surface area contributed by atoms with Crippen LogP contribution in [0.1, 0.15) is 259 Å². The number of unbranched alkanes of at least 4 members (excludes halogenated alkanes) is 24. The van der Waals surface area contributed by atoms with E-state index in [9.17, 15) is 9.59 Å². The summed E-state index contributed by atoms with van der Waals surface area (Å²) in [5, 5.41) is 0. The van der Waals surface area contributed by atoms with Crippen molar-refractivity contribution in [1.82, 2.24) is 9.62 Å². The summed E-state index contributed by atoms with van der Waals surface area (Å²) in [4.78, 5) is 25.4. The fourth-order valence-corrected chi connectivity index (χ4v) is 8.15. The van der Waals surface area contributed by atoms with E-state index in [1.54, 1.807) is 0 Å². The molecule has 0 radical (unpaired) electrons. The average Bonchev–Trinajstić information content (AvgIpc) is 3.22. The van der Waals surface area contributed by atoms with Gasteiger partial charge in [-0.15, -0.1) is 0 Å². The van der Waals surface area contributed by atoms with E-state index >= 15 is 0 Å². The molecule has 0 fully saturated rings. The van der Waals surface area contributed by atoms with Gasteiger partial charge in [0.1, 0.15) is 12.4 Å². The Hall–Kier alpha value is -0.630. The van der Waals surface area contributed by atoms with Gasteiger partial charge in [-0.25, -0.2) is 0 Å². The van der Waals surface area contributed by atoms with Gasteiger partial charge in [0.15, 0.2) is 0 Å². The fourth-order valence-electron chi connectivity index (χ4n) is 7.53. The van der Waals surface area contributed by atoms with Crippen molar-refractivity contribution in [2.24, 2.45) is 0 Å². The van der Waals surface area contributed by atoms with Crippen molar-refractivity contribution in [2.75, 3.05) is 39.0 Å². The minimum absolute atomic E-state index is 0.00981. The molecule has 0 aliphatic carbocycles. The van der Waals surface area contributed by atoms with Crippen LogP contribution in [0.4, 0.5) is 0 Å². The summed E-state index contributed by atoms with van der Waals surface area (Å²) < 4.78 is 14.7. The molecule has 0 bridgehead atoms. The molecule has 57 heavy (non-hydrogen) atoms. The Morgan fingerprint density at radius 2 is 0.965 bits per heavy atom. The first-order chi connectivity index (χ1) is 28.0. The molecule has 0 aromatic carbocycles. The molecule has 1 N–H and O–H groups in total. The maximum atomic E-state index is 12.3. The molecule has 7 heteroatoms. The van der Waals surface area contributed by atoms with Gasteiger partial charge >= 0.3 is 5.97 Å². The zero-order valence-electron chi connectivity index (χ0n) is 39.5. The number of nitrogens with zero attached hydrogens (tertiary/aromatic N) is 1. The minimum atomic E-state index is 0.00981. The molecule has 0 amide bonds. The third-order valence-corrected chi connectivity index (χ3v) is 12.3. The summed E-state index contributed by atoms with van der Waals surface area (Å²) >= 11 is 1.84. The molecule has 0 aromatic rings. The van der Waals surface area contributed by atoms with Crippen molar-refractivity contribution in [3.63, 3.8) is 0 Å². The molecule has 342 valence electrons. The molecule has 0 aliphatic rings. The summed E-state index contributed by atoms with van der Waals surface area (Å²) in [7, 11) is 1.89. The molecular weight excluding hydrogens is 725 g/mol. The van der Waals surface area contributed by atoms with Crippen molar-refractivity contribution in [1.29, 1.82) is 0 Å². The summed E-state index contributed by atoms with van der Waals surface area (Å²) in [6.07, 6.45) is 45.0. The van der Waals surface area contributed by atoms with Crippen molar-refractivity contribution >= 4 is 24.2 Å². The quantitative estimate of drug-likeness (QED) is 0.0284. The Bertz CT molecular complexity index is 757. The number of carbonyl (C=O) groups excluding carboxylic acids is 2. The van der Waals surface area contributed by atoms with Crippen LogP contribution in [0, 0.1) is 0 Å². The molecule has 1 atom stereocenters. The summed E-state index contributed by atoms with van der Waals surface area (Å²) in [6, 6.07) is 0. The van der Waals surface area contributed by atoms with Crippen molar-refractivity contribution < 1.29 is 19.1 Å². The van der Waals surface area contributed by atoms with Crippen LogP contribution in [0.3, 0.4) is 0 Å². The lowest BCUT2D eigenvalue weighted by Crippen LogP contribution is -2.28. The van der Waals surface area contributed by atoms with E-state index in [2.05, 4.69) is 44.2 Å². The highest BCUT2D eigenvalue weighted by molar-refractivity contribution is 7.97. The van der Waals surface area contributed by atoms with Crippen molar-refractivity contribution in [3.05, 3.63) is 0 Å². The predicted octanol–water partition coefficient (Wildman–Crippen LogP) is 15.4. The van der Waals surface area contributed by atoms with Crippen molar-refractivity contribution in [2.45, 2.75) is 272 Å². The zero-order chi connectivity index (χ0) is 42.1. The normalized spacial score (nSPS) is 11.9. The first-order valence-corrected chi connectivity index (χ1v) is 26.2. The Morgan fingerprint density at radius 3 is 1.42 bits per heavy atom. The van der Waals surface area contributed by atoms with Gasteiger partial charge in [0.2, 0.25) is 0 Å². The van der Waals surface area contributed by atoms with Gasteiger partial charge in [-0.2, -0.15) is 0 Å². The van der Waals surface area contributed by atoms with E-state index in [0.717, 1.165) is 51.4 Å². The second-order valence-corrected chi connectivity index (χ2v) is 17.8. The summed E-state index contributed by atoms with van der Waals surface area (Å²) in [5.74, 6) is 1.18. The molecule has 0 rings (SSSR count). The number of rotatable bonds is 46. The van der Waals surface area contributed by atoms with Gasteiger partial charge in [-0.3, -0.25) is 9.52 Å². The predicted molar refractivity (Wildman–Crippen MR) is 254 cm³/mol. The Morgan fingerprint density at radius 1 is 0.544 bits per heavy atom. The smallest absolute Gasteiger partial charge is 0.306 e. The largest absolute Gasteiger partial charge is 0.462 e. The van der Waals surface area contributed by atoms with E-state index in [0.29, 0.717) is 12.5 Å². The molecule has 1 unspecified atom stereocenters. The highest BCUT2D eigenvalue weighted by atomic mass is 32.2. The number of aldehydes is 1. The third-order valence-electron chi connectivity index (χ3n) is 11.3. The maximum Gasteiger partial charge on any atom is 0.306 e. The van der Waals surface area contributed by atoms with Crippen LogP contribution in [0.15, 0.2) is 0 Å². The number of hydrogen-bond donors (Lipinski definition) is 1. The molecule has 0 aromatic heterocycles. The second kappa shape index (κ2) is 51.5. The average molecular weight is 827 g/mol. The standard InChI is InChI=1S/C32H64N2O3S.C18H38O/c1-4-7-8-9-13-18-24-31(5-2)37-32(36)25-19-14-12-16-21-27-34(28-23-30-38-33-6-3)26-20-15-10-11-17-22-29-35;1-4-6-8-10-12-14-16-18(19-3)17-15-13-11-9-7-5-2/h29,31,33H,4-28,30H2,1-3H3;18H,4-17H2,1-3H3. The van der Waals surface area contributed by atoms with Gasteiger partial charge in [-0.05, 0) is 83.8 Å². The number of nitrogens with one attached hydrogen (secondary N) is 1. The molecule has 0 spiro atoms. The van der Waals surface area contributed by atoms with Crippen LogP contribution >= 0.6 is 11.9 Å². The van der Waals surface area contributed by atoms with Crippen LogP contribution < -0.4 is 4.72 Å². The van der Waals surface area contributed by atoms with E-state index in [-0.39, 0.29) is 12.1 Å². The Kier molecular flexibility index (Phi) is 52.8. The number of hydrogen-bond acceptors (Lipinski definition) is 7. The van der Waals surface area contributed by atoms with E-state index in [4.69, 9.17) is 9.47 Å². The summed E-state index contributed by atoms with van der Waals surface area (Å²) in [5.41, 5.74) is 0. The first kappa shape index (κ1) is 58.5. The highest BCUT2D eigenvalue weighted by Gasteiger charge is 2.12. The zero-order valence-corrected chi connectivity index (χ0v) is 40.3. The molecule has 0 saturated heterocycles. The van der Waals surface area contributed by atoms with Gasteiger partial charge in [0.05, 0.1) is 6.10 Å². The first-order valence-electron chi connectivity index (χ1n) is 25.2. The third kappa shape index (κ3) is 47.9. The lowest BCUT2D eigenvalue weighted by atomic mass is 10.0. The number of methoxy groups -OCH3 is 1. The number of ether oxygens (including phenoxy) is 2. The molecule has 6 nitrogen and oxygen atoms in total. The van der Waals surface area contributed by atoms with Crippen LogP contribution in [0.2, 0.25) is 0 Å². The van der Waals surface area contributed by atoms with Gasteiger partial charge < -0.3 is 19.2 Å². The van der Waals surface area contributed by atoms with E-state index < -0.39 is 0 Å². The Balaban J connectivity index is 0. The van der Waals surface area contributed by atoms with E-state index in [1.807, 2.05) is 19.1 Å². The molecule has 0 aliphatic heterocycles. The number of carbonyl (C=O) groups is 2. The van der Waals surface area contributed by atoms with Gasteiger partial charge in [0, 0.05) is 32.2 Å². The monoisotopic (exact) mass is 827 g/mol. The highest BCUT2D eigenvalue weighted by Crippen LogP contribution is 2.17. The van der Waals surface area contributed by atoms with Crippen LogP contribution in [-0.4, -0.2) is 68.4 Å². The Labute approximate surface area is 362 Å². The lowest BCUT2D eigenvalue weighted by molar-refractivity contribution is -0.149. The summed E-state index contributed by atoms with van der Waals surface area (Å²) in [6.45, 7) is 15.7. The fraction of sp³-hybridized carbons (Fsp3) is 0.960. The van der Waals surface area contributed by atoms with E-state index in [1.165, 1.54) is 205 Å². The van der Waals surface area contributed by atoms with Gasteiger partial charge in [-0.1, -0.05) is 194 Å². The van der Waals surface area contributed by atoms with Crippen LogP contribution in [-0.2, 0) is 19.1 Å². The molecule has 0 heterocycles. The van der Waals surface area contributed by atoms with Gasteiger partial charge in [0.25, 0.3) is 0 Å². The van der Waals surface area contributed by atoms with Crippen LogP contribution in [0.5, 0.6) is 0 Å². The topological polar surface area (TPSA) is 67.9 Å². The molecule has 0 saturated carbocycles. The lowest BCUT2D eigenvalue weighted by Gasteiger charge is -2.22. The van der Waals surface area contributed by atoms with Crippen molar-refractivity contribution in [3.8, 4) is 0 Å². The maximum absolute atomic E-state index is 12.3. The SMILES string of the molecule is CCCCCCCCC(CC)OC(=O)CCCCCCCN(CCCCCCCC=O)CCCSNCC.CCCCCCCCC(CCCCCCCC)OC. The molecular formula is C50H102N2O4S. The minimum Gasteiger partial charge on any atom is -0.462 e.